The molecule has 1 aliphatic heterocycles. The van der Waals surface area contributed by atoms with E-state index in [1.807, 2.05) is 6.07 Å². The Bertz CT molecular complexity index is 930. The van der Waals surface area contributed by atoms with Crippen LogP contribution in [0.25, 0.3) is 0 Å². The van der Waals surface area contributed by atoms with Crippen molar-refractivity contribution in [3.63, 3.8) is 0 Å². The average molecular weight is 406 g/mol. The van der Waals surface area contributed by atoms with Crippen LogP contribution in [0.1, 0.15) is 46.3 Å². The van der Waals surface area contributed by atoms with Crippen LogP contribution in [-0.2, 0) is 17.5 Å². The molecule has 2 heterocycles. The summed E-state index contributed by atoms with van der Waals surface area (Å²) in [5, 5.41) is 2.63. The third-order valence-electron chi connectivity index (χ3n) is 4.86. The number of pyridine rings is 1. The highest BCUT2D eigenvalue weighted by Gasteiger charge is 2.31. The number of rotatable bonds is 5. The van der Waals surface area contributed by atoms with E-state index in [-0.39, 0.29) is 23.8 Å². The number of nitrogens with two attached hydrogens (primary N) is 1. The van der Waals surface area contributed by atoms with E-state index in [0.717, 1.165) is 29.9 Å². The molecule has 29 heavy (non-hydrogen) atoms. The highest BCUT2D eigenvalue weighted by atomic mass is 19.4. The minimum Gasteiger partial charge on any atom is -0.370 e. The molecule has 6 nitrogen and oxygen atoms in total. The van der Waals surface area contributed by atoms with Crippen LogP contribution in [0.4, 0.5) is 18.9 Å². The number of amides is 2. The molecule has 0 fully saturated rings. The monoisotopic (exact) mass is 406 g/mol. The number of hydrogen-bond donors (Lipinski definition) is 2. The zero-order chi connectivity index (χ0) is 21.2. The molecule has 1 atom stereocenters. The molecule has 1 aromatic heterocycles. The van der Waals surface area contributed by atoms with Gasteiger partial charge in [0.25, 0.3) is 5.91 Å². The van der Waals surface area contributed by atoms with Crippen LogP contribution >= 0.6 is 0 Å². The van der Waals surface area contributed by atoms with Crippen molar-refractivity contribution in [3.8, 4) is 0 Å². The Balaban J connectivity index is 1.75. The van der Waals surface area contributed by atoms with Gasteiger partial charge in [-0.05, 0) is 35.2 Å². The van der Waals surface area contributed by atoms with Gasteiger partial charge in [-0.3, -0.25) is 19.5 Å². The minimum atomic E-state index is -4.57. The number of primary amides is 1. The number of alkyl halides is 3. The number of carbonyl (C=O) groups is 2. The summed E-state index contributed by atoms with van der Waals surface area (Å²) in [7, 11) is 0. The number of benzene rings is 1. The maximum atomic E-state index is 12.8. The van der Waals surface area contributed by atoms with Gasteiger partial charge in [0.05, 0.1) is 11.1 Å². The fourth-order valence-corrected chi connectivity index (χ4v) is 3.45. The van der Waals surface area contributed by atoms with Gasteiger partial charge < -0.3 is 11.1 Å². The Morgan fingerprint density at radius 1 is 1.28 bits per heavy atom. The molecule has 2 amide bonds. The van der Waals surface area contributed by atoms with Crippen LogP contribution in [0.5, 0.6) is 0 Å². The Kier molecular flexibility index (Phi) is 5.88. The van der Waals surface area contributed by atoms with Gasteiger partial charge in [-0.25, -0.2) is 0 Å². The molecule has 1 aromatic carbocycles. The normalized spacial score (nSPS) is 16.9. The highest BCUT2D eigenvalue weighted by molar-refractivity contribution is 6.04. The lowest BCUT2D eigenvalue weighted by molar-refractivity contribution is -0.137. The van der Waals surface area contributed by atoms with Gasteiger partial charge in [-0.2, -0.15) is 13.2 Å². The molecule has 0 aliphatic carbocycles. The third kappa shape index (κ3) is 5.11. The molecule has 0 saturated heterocycles. The summed E-state index contributed by atoms with van der Waals surface area (Å²) in [6.07, 6.45) is -2.53. The summed E-state index contributed by atoms with van der Waals surface area (Å²) < 4.78 is 38.5. The Hall–Kier alpha value is -2.94. The van der Waals surface area contributed by atoms with Crippen molar-refractivity contribution in [2.24, 2.45) is 5.73 Å². The standard InChI is InChI=1S/C20H21F3N4O2/c1-12-10-27(5-4-18(24)28)11-14-7-16(2-3-17(12)14)26-19(29)13-6-15(9-25-8-13)20(21,22)23/h2-3,6-9,12H,4-5,10-11H2,1H3,(H2,24,28)(H,26,29)/t12-/m0/s1. The largest absolute Gasteiger partial charge is 0.417 e. The van der Waals surface area contributed by atoms with Gasteiger partial charge in [-0.1, -0.05) is 13.0 Å². The van der Waals surface area contributed by atoms with E-state index in [1.54, 1.807) is 12.1 Å². The number of nitrogens with one attached hydrogen (secondary N) is 1. The predicted molar refractivity (Wildman–Crippen MR) is 101 cm³/mol. The van der Waals surface area contributed by atoms with E-state index in [4.69, 9.17) is 5.73 Å². The number of fused-ring (bicyclic) bond motifs is 1. The van der Waals surface area contributed by atoms with Gasteiger partial charge >= 0.3 is 6.18 Å². The molecule has 2 aromatic rings. The van der Waals surface area contributed by atoms with Crippen molar-refractivity contribution in [2.45, 2.75) is 32.0 Å². The molecular formula is C20H21F3N4O2. The van der Waals surface area contributed by atoms with Crippen LogP contribution in [0, 0.1) is 0 Å². The molecule has 3 rings (SSSR count). The fraction of sp³-hybridized carbons (Fsp3) is 0.350. The summed E-state index contributed by atoms with van der Waals surface area (Å²) in [5.74, 6) is -0.791. The lowest BCUT2D eigenvalue weighted by Gasteiger charge is -2.33. The lowest BCUT2D eigenvalue weighted by Crippen LogP contribution is -2.35. The van der Waals surface area contributed by atoms with Gasteiger partial charge in [0, 0.05) is 44.1 Å². The van der Waals surface area contributed by atoms with Crippen molar-refractivity contribution in [2.75, 3.05) is 18.4 Å². The molecule has 0 radical (unpaired) electrons. The first-order valence-electron chi connectivity index (χ1n) is 9.10. The van der Waals surface area contributed by atoms with Gasteiger partial charge in [-0.15, -0.1) is 0 Å². The van der Waals surface area contributed by atoms with Crippen molar-refractivity contribution < 1.29 is 22.8 Å². The van der Waals surface area contributed by atoms with Crippen LogP contribution in [0.2, 0.25) is 0 Å². The SMILES string of the molecule is C[C@H]1CN(CCC(N)=O)Cc2cc(NC(=O)c3cncc(C(F)(F)F)c3)ccc21. The number of nitrogens with zero attached hydrogens (tertiary/aromatic N) is 2. The number of carbonyl (C=O) groups excluding carboxylic acids is 2. The first-order valence-corrected chi connectivity index (χ1v) is 9.10. The van der Waals surface area contributed by atoms with E-state index in [1.165, 1.54) is 0 Å². The maximum absolute atomic E-state index is 12.8. The smallest absolute Gasteiger partial charge is 0.370 e. The van der Waals surface area contributed by atoms with E-state index in [0.29, 0.717) is 25.0 Å². The van der Waals surface area contributed by atoms with Crippen molar-refractivity contribution in [1.29, 1.82) is 0 Å². The number of aromatic nitrogens is 1. The summed E-state index contributed by atoms with van der Waals surface area (Å²) in [5.41, 5.74) is 6.69. The predicted octanol–water partition coefficient (Wildman–Crippen LogP) is 3.15. The first-order chi connectivity index (χ1) is 13.6. The van der Waals surface area contributed by atoms with E-state index < -0.39 is 17.6 Å². The second-order valence-electron chi connectivity index (χ2n) is 7.18. The molecule has 1 aliphatic rings. The molecule has 0 unspecified atom stereocenters. The second-order valence-corrected chi connectivity index (χ2v) is 7.18. The first kappa shape index (κ1) is 20.8. The average Bonchev–Trinajstić information content (AvgIpc) is 2.65. The summed E-state index contributed by atoms with van der Waals surface area (Å²) in [6, 6.07) is 6.22. The Labute approximate surface area is 165 Å². The number of hydrogen-bond acceptors (Lipinski definition) is 4. The topological polar surface area (TPSA) is 88.3 Å². The Morgan fingerprint density at radius 2 is 2.03 bits per heavy atom. The van der Waals surface area contributed by atoms with Gasteiger partial charge in [0.2, 0.25) is 5.91 Å². The molecule has 154 valence electrons. The molecule has 0 saturated carbocycles. The van der Waals surface area contributed by atoms with Crippen LogP contribution in [0.15, 0.2) is 36.7 Å². The summed E-state index contributed by atoms with van der Waals surface area (Å²) >= 11 is 0. The minimum absolute atomic E-state index is 0.172. The molecule has 0 spiro atoms. The van der Waals surface area contributed by atoms with Crippen molar-refractivity contribution in [3.05, 3.63) is 58.9 Å². The van der Waals surface area contributed by atoms with Crippen LogP contribution in [-0.4, -0.2) is 34.8 Å². The molecule has 3 N–H and O–H groups in total. The zero-order valence-corrected chi connectivity index (χ0v) is 15.8. The molecule has 0 bridgehead atoms. The molecular weight excluding hydrogens is 385 g/mol. The van der Waals surface area contributed by atoms with E-state index >= 15 is 0 Å². The van der Waals surface area contributed by atoms with Crippen molar-refractivity contribution >= 4 is 17.5 Å². The quantitative estimate of drug-likeness (QED) is 0.799. The zero-order valence-electron chi connectivity index (χ0n) is 15.8. The number of halogens is 3. The van der Waals surface area contributed by atoms with E-state index in [2.05, 4.69) is 22.1 Å². The maximum Gasteiger partial charge on any atom is 0.417 e. The number of anilines is 1. The van der Waals surface area contributed by atoms with Gasteiger partial charge in [0.1, 0.15) is 0 Å². The second kappa shape index (κ2) is 8.20. The van der Waals surface area contributed by atoms with E-state index in [9.17, 15) is 22.8 Å². The third-order valence-corrected chi connectivity index (χ3v) is 4.86. The van der Waals surface area contributed by atoms with Crippen molar-refractivity contribution in [1.82, 2.24) is 9.88 Å². The summed E-state index contributed by atoms with van der Waals surface area (Å²) in [4.78, 5) is 29.0. The summed E-state index contributed by atoms with van der Waals surface area (Å²) in [6.45, 7) is 4.01. The lowest BCUT2D eigenvalue weighted by atomic mass is 9.90. The van der Waals surface area contributed by atoms with Crippen LogP contribution in [0.3, 0.4) is 0 Å². The van der Waals surface area contributed by atoms with Gasteiger partial charge in [0.15, 0.2) is 0 Å². The van der Waals surface area contributed by atoms with Crippen LogP contribution < -0.4 is 11.1 Å². The molecule has 9 heteroatoms. The highest BCUT2D eigenvalue weighted by Crippen LogP contribution is 2.31. The Morgan fingerprint density at radius 3 is 2.72 bits per heavy atom. The fourth-order valence-electron chi connectivity index (χ4n) is 3.45.